The third-order valence-electron chi connectivity index (χ3n) is 12.8. The molecule has 1 aliphatic heterocycles. The Morgan fingerprint density at radius 2 is 0.806 bits per heavy atom. The fourth-order valence-corrected chi connectivity index (χ4v) is 12.0. The van der Waals surface area contributed by atoms with Crippen molar-refractivity contribution in [1.82, 2.24) is 9.13 Å². The van der Waals surface area contributed by atoms with Crippen LogP contribution in [0.4, 0.5) is 11.4 Å². The second-order valence-electron chi connectivity index (χ2n) is 16.1. The van der Waals surface area contributed by atoms with E-state index in [0.717, 1.165) is 82.3 Å². The van der Waals surface area contributed by atoms with E-state index in [0.29, 0.717) is 27.4 Å². The van der Waals surface area contributed by atoms with Crippen molar-refractivity contribution < 1.29 is 8.42 Å². The zero-order chi connectivity index (χ0) is 41.1. The molecule has 0 N–H and O–H groups in total. The summed E-state index contributed by atoms with van der Waals surface area (Å²) in [5, 5.41) is 9.59. The van der Waals surface area contributed by atoms with Crippen molar-refractivity contribution in [2.24, 2.45) is 0 Å². The van der Waals surface area contributed by atoms with Crippen LogP contribution in [0.25, 0.3) is 98.8 Å². The van der Waals surface area contributed by atoms with E-state index in [-0.39, 0.29) is 0 Å². The van der Waals surface area contributed by atoms with Gasteiger partial charge >= 0.3 is 0 Å². The lowest BCUT2D eigenvalue weighted by Gasteiger charge is -2.32. The summed E-state index contributed by atoms with van der Waals surface area (Å²) < 4.78 is 37.7. The van der Waals surface area contributed by atoms with Crippen molar-refractivity contribution >= 4 is 86.4 Å². The molecule has 12 aromatic rings. The van der Waals surface area contributed by atoms with Crippen molar-refractivity contribution in [2.45, 2.75) is 4.90 Å². The van der Waals surface area contributed by atoms with Gasteiger partial charge in [0.25, 0.3) is 10.0 Å². The van der Waals surface area contributed by atoms with E-state index in [4.69, 9.17) is 0 Å². The highest BCUT2D eigenvalue weighted by Crippen LogP contribution is 2.52. The summed E-state index contributed by atoms with van der Waals surface area (Å²) in [4.78, 5) is 0.294. The van der Waals surface area contributed by atoms with Crippen LogP contribution in [-0.2, 0) is 10.0 Å². The maximum absolute atomic E-state index is 15.9. The van der Waals surface area contributed by atoms with Crippen molar-refractivity contribution in [3.63, 3.8) is 0 Å². The number of hydrogen-bond donors (Lipinski definition) is 0. The smallest absolute Gasteiger partial charge is 0.271 e. The Morgan fingerprint density at radius 1 is 0.323 bits per heavy atom. The number of fused-ring (bicyclic) bond motifs is 14. The Bertz CT molecular complexity index is 3910. The Balaban J connectivity index is 1.06. The third-order valence-corrected chi connectivity index (χ3v) is 14.6. The number of rotatable bonds is 4. The molecule has 62 heavy (non-hydrogen) atoms. The van der Waals surface area contributed by atoms with Gasteiger partial charge in [-0.2, -0.15) is 0 Å². The molecule has 0 saturated heterocycles. The summed E-state index contributed by atoms with van der Waals surface area (Å²) in [5.41, 5.74) is 9.72. The van der Waals surface area contributed by atoms with Crippen LogP contribution in [0.15, 0.2) is 217 Å². The van der Waals surface area contributed by atoms with Gasteiger partial charge < -0.3 is 9.13 Å². The first kappa shape index (κ1) is 34.9. The summed E-state index contributed by atoms with van der Waals surface area (Å²) in [6.07, 6.45) is 0. The van der Waals surface area contributed by atoms with Gasteiger partial charge in [-0.25, -0.2) is 12.7 Å². The lowest BCUT2D eigenvalue weighted by Crippen LogP contribution is -2.30. The first-order chi connectivity index (χ1) is 30.5. The monoisotopic (exact) mass is 813 g/mol. The zero-order valence-corrected chi connectivity index (χ0v) is 34.1. The van der Waals surface area contributed by atoms with Crippen LogP contribution in [0.5, 0.6) is 0 Å². The van der Waals surface area contributed by atoms with Crippen LogP contribution >= 0.6 is 0 Å². The third kappa shape index (κ3) is 4.87. The Labute approximate surface area is 357 Å². The van der Waals surface area contributed by atoms with Crippen molar-refractivity contribution in [3.05, 3.63) is 212 Å². The fraction of sp³-hybridized carbons (Fsp3) is 0. The molecule has 0 amide bonds. The number of hydrogen-bond acceptors (Lipinski definition) is 2. The van der Waals surface area contributed by atoms with Gasteiger partial charge in [0.2, 0.25) is 0 Å². The molecule has 0 radical (unpaired) electrons. The number of anilines is 2. The van der Waals surface area contributed by atoms with Crippen molar-refractivity contribution in [2.75, 3.05) is 4.31 Å². The van der Waals surface area contributed by atoms with E-state index in [2.05, 4.69) is 161 Å². The number of aromatic nitrogens is 2. The lowest BCUT2D eigenvalue weighted by molar-refractivity contribution is 0.596. The van der Waals surface area contributed by atoms with Gasteiger partial charge in [-0.05, 0) is 116 Å². The molecule has 2 aromatic heterocycles. The summed E-state index contributed by atoms with van der Waals surface area (Å²) in [5.74, 6) is 0. The van der Waals surface area contributed by atoms with Crippen molar-refractivity contribution in [3.8, 4) is 33.8 Å². The molecule has 0 spiro atoms. The average Bonchev–Trinajstić information content (AvgIpc) is 3.86. The Kier molecular flexibility index (Phi) is 7.33. The second-order valence-corrected chi connectivity index (χ2v) is 17.8. The van der Waals surface area contributed by atoms with Crippen molar-refractivity contribution in [1.29, 1.82) is 0 Å². The highest BCUT2D eigenvalue weighted by molar-refractivity contribution is 7.93. The summed E-state index contributed by atoms with van der Waals surface area (Å²) in [7, 11) is -4.21. The van der Waals surface area contributed by atoms with Crippen LogP contribution in [0, 0.1) is 0 Å². The van der Waals surface area contributed by atoms with Crippen LogP contribution in [-0.4, -0.2) is 17.6 Å². The predicted octanol–water partition coefficient (Wildman–Crippen LogP) is 14.4. The molecule has 1 aliphatic rings. The number of para-hydroxylation sites is 4. The van der Waals surface area contributed by atoms with E-state index in [1.807, 2.05) is 60.7 Å². The maximum Gasteiger partial charge on any atom is 0.271 e. The fourth-order valence-electron chi connectivity index (χ4n) is 10.2. The molecular weight excluding hydrogens is 779 g/mol. The number of nitrogens with zero attached hydrogens (tertiary/aromatic N) is 3. The molecule has 10 aromatic carbocycles. The van der Waals surface area contributed by atoms with Gasteiger partial charge in [0.05, 0.1) is 33.6 Å². The van der Waals surface area contributed by atoms with Gasteiger partial charge in [0.15, 0.2) is 0 Å². The molecule has 0 unspecified atom stereocenters. The van der Waals surface area contributed by atoms with Crippen LogP contribution in [0.2, 0.25) is 0 Å². The molecule has 0 fully saturated rings. The highest BCUT2D eigenvalue weighted by atomic mass is 32.2. The molecule has 0 saturated carbocycles. The normalized spacial score (nSPS) is 13.4. The van der Waals surface area contributed by atoms with E-state index in [1.165, 1.54) is 5.39 Å². The highest BCUT2D eigenvalue weighted by Gasteiger charge is 2.41. The quantitative estimate of drug-likeness (QED) is 0.166. The molecule has 0 aliphatic carbocycles. The van der Waals surface area contributed by atoms with E-state index >= 15 is 8.42 Å². The standard InChI is InChI=1S/C56H35N3O2S/c60-62(61)56-50-34-37(36-27-31-52-49(33-36)46-23-11-13-25-51(46)57(52)38-15-3-1-4-16-38)28-32-53(50)58(39-17-5-2-6-18-39)55(56)47-24-12-14-26-54(47)59(62)40-29-30-45-43-21-8-7-19-41(43)42-20-9-10-22-44(42)48(45)35-40/h1-35H. The number of sulfonamides is 1. The van der Waals surface area contributed by atoms with Gasteiger partial charge in [-0.15, -0.1) is 0 Å². The minimum absolute atomic E-state index is 0.294. The molecular formula is C56H35N3O2S. The summed E-state index contributed by atoms with van der Waals surface area (Å²) in [6.45, 7) is 0. The van der Waals surface area contributed by atoms with Gasteiger partial charge in [0.1, 0.15) is 4.90 Å². The molecule has 3 heterocycles. The minimum Gasteiger partial charge on any atom is -0.309 e. The zero-order valence-electron chi connectivity index (χ0n) is 33.3. The maximum atomic E-state index is 15.9. The summed E-state index contributed by atoms with van der Waals surface area (Å²) >= 11 is 0. The van der Waals surface area contributed by atoms with Gasteiger partial charge in [0, 0.05) is 33.1 Å². The largest absolute Gasteiger partial charge is 0.309 e. The van der Waals surface area contributed by atoms with Crippen LogP contribution < -0.4 is 4.31 Å². The lowest BCUT2D eigenvalue weighted by atomic mass is 9.94. The predicted molar refractivity (Wildman–Crippen MR) is 257 cm³/mol. The van der Waals surface area contributed by atoms with Crippen LogP contribution in [0.3, 0.4) is 0 Å². The number of benzene rings is 10. The van der Waals surface area contributed by atoms with E-state index < -0.39 is 10.0 Å². The topological polar surface area (TPSA) is 47.2 Å². The molecule has 0 atom stereocenters. The molecule has 6 heteroatoms. The Hall–Kier alpha value is -7.93. The van der Waals surface area contributed by atoms with Gasteiger partial charge in [-0.1, -0.05) is 140 Å². The van der Waals surface area contributed by atoms with E-state index in [1.54, 1.807) is 4.31 Å². The molecule has 13 rings (SSSR count). The first-order valence-corrected chi connectivity index (χ1v) is 22.3. The minimum atomic E-state index is -4.21. The molecule has 0 bridgehead atoms. The molecule has 5 nitrogen and oxygen atoms in total. The van der Waals surface area contributed by atoms with Gasteiger partial charge in [-0.3, -0.25) is 0 Å². The molecule has 292 valence electrons. The van der Waals surface area contributed by atoms with Crippen LogP contribution in [0.1, 0.15) is 0 Å². The second kappa shape index (κ2) is 13.0. The summed E-state index contributed by atoms with van der Waals surface area (Å²) in [6, 6.07) is 72.8. The SMILES string of the molecule is O=S1(=O)c2c(n(-c3ccccc3)c3ccc(-c4ccc5c(c4)c4ccccc4n5-c4ccccc4)cc23)-c2ccccc2N1c1ccc2c3ccccc3c3ccccc3c2c1. The average molecular weight is 814 g/mol. The Morgan fingerprint density at radius 3 is 1.47 bits per heavy atom. The first-order valence-electron chi connectivity index (χ1n) is 20.9. The van der Waals surface area contributed by atoms with E-state index in [9.17, 15) is 0 Å².